The third kappa shape index (κ3) is 2.33. The van der Waals surface area contributed by atoms with E-state index in [1.807, 2.05) is 6.07 Å². The smallest absolute Gasteiger partial charge is 0.115 e. The molecule has 0 saturated carbocycles. The molecule has 0 saturated heterocycles. The van der Waals surface area contributed by atoms with E-state index >= 15 is 0 Å². The zero-order chi connectivity index (χ0) is 11.0. The Labute approximate surface area is 104 Å². The standard InChI is InChI=1S/C13H19NO.ClH/c1-9-12-6-5-11(15)8-10(12)4-7-13(9)14(2)3;/h5-6,8-9,13,15H,4,7H2,1-3H3;1H. The van der Waals surface area contributed by atoms with E-state index in [0.717, 1.165) is 6.42 Å². The van der Waals surface area contributed by atoms with Crippen LogP contribution in [0.3, 0.4) is 0 Å². The van der Waals surface area contributed by atoms with Gasteiger partial charge >= 0.3 is 0 Å². The van der Waals surface area contributed by atoms with Crippen molar-refractivity contribution in [3.05, 3.63) is 29.3 Å². The van der Waals surface area contributed by atoms with Gasteiger partial charge in [-0.2, -0.15) is 0 Å². The molecule has 0 amide bonds. The number of fused-ring (bicyclic) bond motifs is 1. The number of nitrogens with zero attached hydrogens (tertiary/aromatic N) is 1. The molecule has 0 aromatic heterocycles. The summed E-state index contributed by atoms with van der Waals surface area (Å²) in [5.74, 6) is 0.952. The predicted octanol–water partition coefficient (Wildman–Crippen LogP) is 2.79. The largest absolute Gasteiger partial charge is 0.508 e. The SMILES string of the molecule is CC1c2ccc(O)cc2CCC1N(C)C.Cl. The van der Waals surface area contributed by atoms with Crippen molar-refractivity contribution < 1.29 is 5.11 Å². The predicted molar refractivity (Wildman–Crippen MR) is 69.6 cm³/mol. The molecule has 0 aliphatic heterocycles. The van der Waals surface area contributed by atoms with Gasteiger partial charge in [-0.05, 0) is 56.1 Å². The van der Waals surface area contributed by atoms with E-state index in [1.165, 1.54) is 17.5 Å². The van der Waals surface area contributed by atoms with E-state index in [2.05, 4.69) is 32.0 Å². The van der Waals surface area contributed by atoms with Crippen LogP contribution < -0.4 is 0 Å². The van der Waals surface area contributed by atoms with Gasteiger partial charge in [0.05, 0.1) is 0 Å². The number of aromatic hydroxyl groups is 1. The Morgan fingerprint density at radius 3 is 2.62 bits per heavy atom. The molecule has 0 radical (unpaired) electrons. The van der Waals surface area contributed by atoms with Crippen molar-refractivity contribution in [1.82, 2.24) is 4.90 Å². The fraction of sp³-hybridized carbons (Fsp3) is 0.538. The Morgan fingerprint density at radius 1 is 1.31 bits per heavy atom. The van der Waals surface area contributed by atoms with E-state index < -0.39 is 0 Å². The van der Waals surface area contributed by atoms with Gasteiger partial charge in [0.25, 0.3) is 0 Å². The van der Waals surface area contributed by atoms with Crippen molar-refractivity contribution in [2.45, 2.75) is 31.7 Å². The summed E-state index contributed by atoms with van der Waals surface area (Å²) in [5, 5.41) is 9.44. The zero-order valence-electron chi connectivity index (χ0n) is 10.1. The first kappa shape index (κ1) is 13.3. The summed E-state index contributed by atoms with van der Waals surface area (Å²) < 4.78 is 0. The van der Waals surface area contributed by atoms with E-state index in [0.29, 0.717) is 17.7 Å². The second-order valence-electron chi connectivity index (χ2n) is 4.74. The Morgan fingerprint density at radius 2 is 2.00 bits per heavy atom. The summed E-state index contributed by atoms with van der Waals surface area (Å²) in [4.78, 5) is 2.31. The summed E-state index contributed by atoms with van der Waals surface area (Å²) >= 11 is 0. The van der Waals surface area contributed by atoms with E-state index in [1.54, 1.807) is 6.07 Å². The first-order chi connectivity index (χ1) is 7.09. The van der Waals surface area contributed by atoms with Crippen molar-refractivity contribution in [1.29, 1.82) is 0 Å². The first-order valence-corrected chi connectivity index (χ1v) is 5.58. The monoisotopic (exact) mass is 241 g/mol. The molecule has 90 valence electrons. The number of likely N-dealkylation sites (N-methyl/N-ethyl adjacent to an activating group) is 1. The maximum absolute atomic E-state index is 9.44. The van der Waals surface area contributed by atoms with Gasteiger partial charge in [0, 0.05) is 6.04 Å². The van der Waals surface area contributed by atoms with Crippen LogP contribution >= 0.6 is 12.4 Å². The van der Waals surface area contributed by atoms with Gasteiger partial charge in [-0.15, -0.1) is 12.4 Å². The molecule has 1 aliphatic carbocycles. The quantitative estimate of drug-likeness (QED) is 0.818. The second-order valence-corrected chi connectivity index (χ2v) is 4.74. The molecule has 16 heavy (non-hydrogen) atoms. The highest BCUT2D eigenvalue weighted by atomic mass is 35.5. The van der Waals surface area contributed by atoms with Crippen molar-refractivity contribution in [2.75, 3.05) is 14.1 Å². The number of rotatable bonds is 1. The number of phenolic OH excluding ortho intramolecular Hbond substituents is 1. The first-order valence-electron chi connectivity index (χ1n) is 5.58. The molecule has 0 bridgehead atoms. The molecule has 2 atom stereocenters. The minimum Gasteiger partial charge on any atom is -0.508 e. The summed E-state index contributed by atoms with van der Waals surface area (Å²) in [6.45, 7) is 2.28. The fourth-order valence-electron chi connectivity index (χ4n) is 2.72. The van der Waals surface area contributed by atoms with Crippen molar-refractivity contribution in [2.24, 2.45) is 0 Å². The average Bonchev–Trinajstić information content (AvgIpc) is 2.17. The van der Waals surface area contributed by atoms with E-state index in [-0.39, 0.29) is 12.4 Å². The van der Waals surface area contributed by atoms with Gasteiger partial charge in [-0.3, -0.25) is 0 Å². The Balaban J connectivity index is 0.00000128. The van der Waals surface area contributed by atoms with Crippen LogP contribution in [0.2, 0.25) is 0 Å². The third-order valence-corrected chi connectivity index (χ3v) is 3.57. The topological polar surface area (TPSA) is 23.5 Å². The highest BCUT2D eigenvalue weighted by Crippen LogP contribution is 2.35. The van der Waals surface area contributed by atoms with Crippen LogP contribution in [0, 0.1) is 0 Å². The number of phenols is 1. The van der Waals surface area contributed by atoms with Crippen molar-refractivity contribution in [3.8, 4) is 5.75 Å². The lowest BCUT2D eigenvalue weighted by molar-refractivity contribution is 0.236. The summed E-state index contributed by atoms with van der Waals surface area (Å²) in [5.41, 5.74) is 2.72. The normalized spacial score (nSPS) is 23.8. The van der Waals surface area contributed by atoms with Crippen LogP contribution in [0.1, 0.15) is 30.4 Å². The molecule has 1 aromatic carbocycles. The molecule has 0 fully saturated rings. The van der Waals surface area contributed by atoms with Crippen molar-refractivity contribution >= 4 is 12.4 Å². The van der Waals surface area contributed by atoms with Gasteiger partial charge in [0.2, 0.25) is 0 Å². The number of benzene rings is 1. The molecular weight excluding hydrogens is 222 g/mol. The van der Waals surface area contributed by atoms with Gasteiger partial charge < -0.3 is 10.0 Å². The number of hydrogen-bond acceptors (Lipinski definition) is 2. The average molecular weight is 242 g/mol. The summed E-state index contributed by atoms with van der Waals surface area (Å²) in [6, 6.07) is 6.41. The Bertz CT molecular complexity index is 365. The van der Waals surface area contributed by atoms with Crippen LogP contribution in [-0.2, 0) is 6.42 Å². The highest BCUT2D eigenvalue weighted by Gasteiger charge is 2.27. The summed E-state index contributed by atoms with van der Waals surface area (Å²) in [7, 11) is 4.29. The molecular formula is C13H20ClNO. The van der Waals surface area contributed by atoms with Gasteiger partial charge in [0.1, 0.15) is 5.75 Å². The zero-order valence-corrected chi connectivity index (χ0v) is 10.9. The molecule has 1 aromatic rings. The number of aryl methyl sites for hydroxylation is 1. The van der Waals surface area contributed by atoms with Gasteiger partial charge in [-0.1, -0.05) is 13.0 Å². The Hall–Kier alpha value is -0.730. The lowest BCUT2D eigenvalue weighted by Gasteiger charge is -2.35. The van der Waals surface area contributed by atoms with Gasteiger partial charge in [0.15, 0.2) is 0 Å². The summed E-state index contributed by atoms with van der Waals surface area (Å²) in [6.07, 6.45) is 2.27. The number of hydrogen-bond donors (Lipinski definition) is 1. The minimum atomic E-state index is 0. The van der Waals surface area contributed by atoms with Crippen LogP contribution in [0.4, 0.5) is 0 Å². The van der Waals surface area contributed by atoms with E-state index in [4.69, 9.17) is 0 Å². The Kier molecular flexibility index (Phi) is 4.22. The molecule has 3 heteroatoms. The van der Waals surface area contributed by atoms with Crippen LogP contribution in [0.25, 0.3) is 0 Å². The molecule has 0 spiro atoms. The second kappa shape index (κ2) is 5.07. The third-order valence-electron chi connectivity index (χ3n) is 3.57. The molecule has 0 heterocycles. The van der Waals surface area contributed by atoms with Crippen LogP contribution in [0.5, 0.6) is 5.75 Å². The lowest BCUT2D eigenvalue weighted by atomic mass is 9.80. The van der Waals surface area contributed by atoms with Crippen LogP contribution in [0.15, 0.2) is 18.2 Å². The number of halogens is 1. The lowest BCUT2D eigenvalue weighted by Crippen LogP contribution is -2.36. The van der Waals surface area contributed by atoms with E-state index in [9.17, 15) is 5.11 Å². The molecule has 2 nitrogen and oxygen atoms in total. The fourth-order valence-corrected chi connectivity index (χ4v) is 2.72. The molecule has 1 aliphatic rings. The maximum atomic E-state index is 9.44. The minimum absolute atomic E-state index is 0. The molecule has 2 unspecified atom stereocenters. The van der Waals surface area contributed by atoms with Crippen LogP contribution in [-0.4, -0.2) is 30.1 Å². The molecule has 2 rings (SSSR count). The van der Waals surface area contributed by atoms with Gasteiger partial charge in [-0.25, -0.2) is 0 Å². The van der Waals surface area contributed by atoms with Crippen molar-refractivity contribution in [3.63, 3.8) is 0 Å². The molecule has 1 N–H and O–H groups in total. The maximum Gasteiger partial charge on any atom is 0.115 e. The highest BCUT2D eigenvalue weighted by molar-refractivity contribution is 5.85.